The van der Waals surface area contributed by atoms with Crippen molar-refractivity contribution in [2.24, 2.45) is 5.73 Å². The predicted molar refractivity (Wildman–Crippen MR) is 101 cm³/mol. The maximum absolute atomic E-state index is 13.1. The second kappa shape index (κ2) is 8.65. The molecule has 4 N–H and O–H groups in total. The van der Waals surface area contributed by atoms with Crippen molar-refractivity contribution in [3.63, 3.8) is 0 Å². The van der Waals surface area contributed by atoms with Gasteiger partial charge in [0.15, 0.2) is 5.82 Å². The minimum absolute atomic E-state index is 0.244. The number of alkyl halides is 1. The van der Waals surface area contributed by atoms with Crippen molar-refractivity contribution < 1.29 is 13.9 Å². The molecular formula is C19H24F2N6O. The number of halogens is 2. The molecule has 1 aromatic carbocycles. The van der Waals surface area contributed by atoms with Crippen LogP contribution < -0.4 is 11.1 Å². The van der Waals surface area contributed by atoms with E-state index < -0.39 is 18.4 Å². The number of anilines is 2. The van der Waals surface area contributed by atoms with E-state index in [0.29, 0.717) is 49.5 Å². The van der Waals surface area contributed by atoms with Gasteiger partial charge in [-0.15, -0.1) is 0 Å². The normalized spacial score (nSPS) is 17.8. The highest BCUT2D eigenvalue weighted by Gasteiger charge is 2.38. The van der Waals surface area contributed by atoms with Crippen molar-refractivity contribution in [2.45, 2.75) is 31.0 Å². The van der Waals surface area contributed by atoms with Crippen LogP contribution in [-0.2, 0) is 5.54 Å². The summed E-state index contributed by atoms with van der Waals surface area (Å²) < 4.78 is 27.5. The lowest BCUT2D eigenvalue weighted by Gasteiger charge is -2.40. The number of nitriles is 1. The van der Waals surface area contributed by atoms with Gasteiger partial charge in [-0.2, -0.15) is 10.4 Å². The summed E-state index contributed by atoms with van der Waals surface area (Å²) in [6, 6.07) is 7.97. The monoisotopic (exact) mass is 390 g/mol. The van der Waals surface area contributed by atoms with Gasteiger partial charge in [0.25, 0.3) is 0 Å². The van der Waals surface area contributed by atoms with Crippen molar-refractivity contribution in [3.05, 3.63) is 41.8 Å². The van der Waals surface area contributed by atoms with Gasteiger partial charge in [0.2, 0.25) is 0 Å². The number of aromatic nitrogens is 2. The number of piperidine rings is 1. The van der Waals surface area contributed by atoms with Gasteiger partial charge < -0.3 is 21.1 Å². The highest BCUT2D eigenvalue weighted by atomic mass is 19.1. The first-order chi connectivity index (χ1) is 13.5. The fourth-order valence-corrected chi connectivity index (χ4v) is 3.56. The molecule has 2 heterocycles. The van der Waals surface area contributed by atoms with Crippen LogP contribution in [0.5, 0.6) is 0 Å². The Kier molecular flexibility index (Phi) is 6.24. The molecule has 0 aliphatic carbocycles. The Labute approximate surface area is 162 Å². The molecule has 0 radical (unpaired) electrons. The Hall–Kier alpha value is -2.54. The average Bonchev–Trinajstić information content (AvgIpc) is 3.10. The highest BCUT2D eigenvalue weighted by Crippen LogP contribution is 2.35. The zero-order valence-electron chi connectivity index (χ0n) is 15.5. The topological polar surface area (TPSA) is 103 Å². The van der Waals surface area contributed by atoms with Crippen LogP contribution in [0.25, 0.3) is 0 Å². The molecule has 7 nitrogen and oxygen atoms in total. The van der Waals surface area contributed by atoms with Gasteiger partial charge >= 0.3 is 0 Å². The smallest absolute Gasteiger partial charge is 0.159 e. The summed E-state index contributed by atoms with van der Waals surface area (Å²) in [5, 5.41) is 27.0. The number of hydrogen-bond donors (Lipinski definition) is 3. The first-order valence-corrected chi connectivity index (χ1v) is 9.19. The molecule has 28 heavy (non-hydrogen) atoms. The Balaban J connectivity index is 1.89. The summed E-state index contributed by atoms with van der Waals surface area (Å²) >= 11 is 0. The molecule has 3 rings (SSSR count). The molecule has 1 saturated heterocycles. The molecule has 150 valence electrons. The van der Waals surface area contributed by atoms with Gasteiger partial charge in [0.05, 0.1) is 23.6 Å². The maximum atomic E-state index is 13.1. The third-order valence-electron chi connectivity index (χ3n) is 5.25. The molecule has 1 aliphatic heterocycles. The molecule has 1 unspecified atom stereocenters. The number of nitrogens with one attached hydrogen (secondary N) is 1. The Bertz CT molecular complexity index is 822. The molecule has 0 saturated carbocycles. The van der Waals surface area contributed by atoms with Crippen LogP contribution in [0.1, 0.15) is 31.1 Å². The van der Waals surface area contributed by atoms with Gasteiger partial charge in [0, 0.05) is 31.5 Å². The van der Waals surface area contributed by atoms with E-state index in [1.807, 2.05) is 4.90 Å². The lowest BCUT2D eigenvalue weighted by Crippen LogP contribution is -2.46. The SMILES string of the molecule is N#CCC1(n2cc(C(N)O)c(Nc3ccc(F)cc3)n2)CCN(CCF)CC1. The third-order valence-corrected chi connectivity index (χ3v) is 5.25. The lowest BCUT2D eigenvalue weighted by molar-refractivity contribution is 0.0974. The van der Waals surface area contributed by atoms with E-state index in [0.717, 1.165) is 0 Å². The van der Waals surface area contributed by atoms with Crippen LogP contribution in [0, 0.1) is 17.1 Å². The third kappa shape index (κ3) is 4.30. The second-order valence-corrected chi connectivity index (χ2v) is 7.04. The standard InChI is InChI=1S/C19H24F2N6O/c20-8-12-26-10-6-19(5-9-22,7-11-26)27-13-16(17(23)28)18(25-27)24-15-3-1-14(21)2-4-15/h1-4,13,17,28H,5-8,10-12,23H2,(H,24,25). The van der Waals surface area contributed by atoms with E-state index in [1.54, 1.807) is 23.0 Å². The first kappa shape index (κ1) is 20.2. The van der Waals surface area contributed by atoms with Crippen molar-refractivity contribution in [1.82, 2.24) is 14.7 Å². The van der Waals surface area contributed by atoms with Gasteiger partial charge in [-0.3, -0.25) is 4.68 Å². The lowest BCUT2D eigenvalue weighted by atomic mass is 9.85. The van der Waals surface area contributed by atoms with E-state index in [-0.39, 0.29) is 12.2 Å². The summed E-state index contributed by atoms with van der Waals surface area (Å²) in [6.45, 7) is 1.30. The minimum atomic E-state index is -1.26. The Morgan fingerprint density at radius 2 is 2.00 bits per heavy atom. The summed E-state index contributed by atoms with van der Waals surface area (Å²) in [7, 11) is 0. The molecule has 0 bridgehead atoms. The van der Waals surface area contributed by atoms with E-state index in [9.17, 15) is 19.1 Å². The minimum Gasteiger partial charge on any atom is -0.374 e. The van der Waals surface area contributed by atoms with Crippen LogP contribution in [0.4, 0.5) is 20.3 Å². The Morgan fingerprint density at radius 1 is 1.32 bits per heavy atom. The van der Waals surface area contributed by atoms with Gasteiger partial charge in [0.1, 0.15) is 18.7 Å². The quantitative estimate of drug-likeness (QED) is 0.628. The van der Waals surface area contributed by atoms with Crippen molar-refractivity contribution in [3.8, 4) is 6.07 Å². The molecule has 9 heteroatoms. The summed E-state index contributed by atoms with van der Waals surface area (Å²) in [4.78, 5) is 2.02. The summed E-state index contributed by atoms with van der Waals surface area (Å²) in [5.41, 5.74) is 6.13. The number of nitrogens with zero attached hydrogens (tertiary/aromatic N) is 4. The zero-order chi connectivity index (χ0) is 20.1. The number of likely N-dealkylation sites (tertiary alicyclic amines) is 1. The van der Waals surface area contributed by atoms with Crippen molar-refractivity contribution in [1.29, 1.82) is 5.26 Å². The maximum Gasteiger partial charge on any atom is 0.159 e. The van der Waals surface area contributed by atoms with E-state index >= 15 is 0 Å². The van der Waals surface area contributed by atoms with Crippen LogP contribution in [-0.4, -0.2) is 46.1 Å². The van der Waals surface area contributed by atoms with Crippen LogP contribution >= 0.6 is 0 Å². The molecule has 2 aromatic rings. The molecule has 1 aliphatic rings. The van der Waals surface area contributed by atoms with Crippen molar-refractivity contribution in [2.75, 3.05) is 31.6 Å². The fourth-order valence-electron chi connectivity index (χ4n) is 3.56. The number of aliphatic hydroxyl groups excluding tert-OH is 1. The number of hydrogen-bond acceptors (Lipinski definition) is 6. The molecule has 1 aromatic heterocycles. The van der Waals surface area contributed by atoms with Gasteiger partial charge in [-0.1, -0.05) is 0 Å². The fraction of sp³-hybridized carbons (Fsp3) is 0.474. The van der Waals surface area contributed by atoms with Gasteiger partial charge in [-0.25, -0.2) is 8.78 Å². The largest absolute Gasteiger partial charge is 0.374 e. The summed E-state index contributed by atoms with van der Waals surface area (Å²) in [6.07, 6.45) is 1.91. The number of nitrogens with two attached hydrogens (primary N) is 1. The Morgan fingerprint density at radius 3 is 2.57 bits per heavy atom. The van der Waals surface area contributed by atoms with Crippen LogP contribution in [0.15, 0.2) is 30.5 Å². The van der Waals surface area contributed by atoms with E-state index in [1.165, 1.54) is 12.1 Å². The molecule has 1 atom stereocenters. The summed E-state index contributed by atoms with van der Waals surface area (Å²) in [5.74, 6) is -0.00622. The van der Waals surface area contributed by atoms with E-state index in [4.69, 9.17) is 5.73 Å². The van der Waals surface area contributed by atoms with Gasteiger partial charge in [-0.05, 0) is 37.1 Å². The van der Waals surface area contributed by atoms with E-state index in [2.05, 4.69) is 16.5 Å². The van der Waals surface area contributed by atoms with Crippen molar-refractivity contribution >= 4 is 11.5 Å². The highest BCUT2D eigenvalue weighted by molar-refractivity contribution is 5.59. The second-order valence-electron chi connectivity index (χ2n) is 7.04. The van der Waals surface area contributed by atoms with Crippen LogP contribution in [0.3, 0.4) is 0 Å². The number of rotatable bonds is 7. The first-order valence-electron chi connectivity index (χ1n) is 9.19. The van der Waals surface area contributed by atoms with Crippen LogP contribution in [0.2, 0.25) is 0 Å². The number of benzene rings is 1. The average molecular weight is 390 g/mol. The number of aliphatic hydroxyl groups is 1. The molecule has 0 spiro atoms. The molecule has 1 fully saturated rings. The molecule has 0 amide bonds. The molecular weight excluding hydrogens is 366 g/mol. The zero-order valence-corrected chi connectivity index (χ0v) is 15.5. The predicted octanol–water partition coefficient (Wildman–Crippen LogP) is 2.39.